The van der Waals surface area contributed by atoms with Gasteiger partial charge in [0, 0.05) is 5.54 Å². The average Bonchev–Trinajstić information content (AvgIpc) is 2.45. The van der Waals surface area contributed by atoms with E-state index < -0.39 is 0 Å². The lowest BCUT2D eigenvalue weighted by atomic mass is 9.94. The van der Waals surface area contributed by atoms with Crippen LogP contribution in [0.25, 0.3) is 0 Å². The predicted octanol–water partition coefficient (Wildman–Crippen LogP) is 1.38. The Morgan fingerprint density at radius 1 is 1.27 bits per heavy atom. The number of nitroso groups, excluding NO2 is 1. The van der Waals surface area contributed by atoms with Gasteiger partial charge in [-0.3, -0.25) is 4.90 Å². The summed E-state index contributed by atoms with van der Waals surface area (Å²) >= 11 is 0. The highest BCUT2D eigenvalue weighted by Gasteiger charge is 2.44. The molecule has 3 heteroatoms. The van der Waals surface area contributed by atoms with Crippen LogP contribution in [0.3, 0.4) is 0 Å². The summed E-state index contributed by atoms with van der Waals surface area (Å²) in [6.07, 6.45) is 4.91. The highest BCUT2D eigenvalue weighted by atomic mass is 16.3. The summed E-state index contributed by atoms with van der Waals surface area (Å²) in [5.41, 5.74) is 0.210. The number of hydrogen-bond acceptors (Lipinski definition) is 3. The first-order valence-electron chi connectivity index (χ1n) is 4.42. The van der Waals surface area contributed by atoms with Crippen molar-refractivity contribution in [2.45, 2.75) is 31.2 Å². The molecule has 2 aliphatic rings. The smallest absolute Gasteiger partial charge is 0.0994 e. The Balaban J connectivity index is 2.13. The van der Waals surface area contributed by atoms with E-state index in [0.717, 1.165) is 0 Å². The number of nitrogens with zero attached hydrogens (tertiary/aromatic N) is 2. The van der Waals surface area contributed by atoms with Crippen LogP contribution in [0.2, 0.25) is 0 Å². The third-order valence-electron chi connectivity index (χ3n) is 3.17. The van der Waals surface area contributed by atoms with Crippen molar-refractivity contribution >= 4 is 0 Å². The minimum atomic E-state index is 0.210. The highest BCUT2D eigenvalue weighted by Crippen LogP contribution is 2.38. The molecule has 0 atom stereocenters. The summed E-state index contributed by atoms with van der Waals surface area (Å²) in [4.78, 5) is 12.7. The molecule has 2 saturated heterocycles. The van der Waals surface area contributed by atoms with E-state index >= 15 is 0 Å². The molecule has 11 heavy (non-hydrogen) atoms. The predicted molar refractivity (Wildman–Crippen MR) is 43.4 cm³/mol. The van der Waals surface area contributed by atoms with Crippen molar-refractivity contribution < 1.29 is 0 Å². The van der Waals surface area contributed by atoms with Gasteiger partial charge in [0.15, 0.2) is 0 Å². The fraction of sp³-hybridized carbons (Fsp3) is 1.00. The molecule has 62 valence electrons. The zero-order valence-corrected chi connectivity index (χ0v) is 6.75. The number of hydrogen-bond donors (Lipinski definition) is 0. The van der Waals surface area contributed by atoms with E-state index in [1.54, 1.807) is 0 Å². The van der Waals surface area contributed by atoms with Crippen molar-refractivity contribution in [3.8, 4) is 0 Å². The van der Waals surface area contributed by atoms with Gasteiger partial charge in [-0.2, -0.15) is 4.91 Å². The first kappa shape index (κ1) is 7.22. The maximum Gasteiger partial charge on any atom is 0.0994 e. The third-order valence-corrected chi connectivity index (χ3v) is 3.17. The van der Waals surface area contributed by atoms with Crippen LogP contribution in [0, 0.1) is 4.91 Å². The maximum atomic E-state index is 10.2. The molecular weight excluding hydrogens is 140 g/mol. The van der Waals surface area contributed by atoms with Gasteiger partial charge < -0.3 is 0 Å². The molecule has 0 radical (unpaired) electrons. The Bertz CT molecular complexity index is 159. The molecule has 0 spiro atoms. The van der Waals surface area contributed by atoms with Crippen molar-refractivity contribution in [2.24, 2.45) is 5.18 Å². The molecule has 0 aromatic carbocycles. The Labute approximate surface area is 66.7 Å². The first-order chi connectivity index (χ1) is 5.37. The summed E-state index contributed by atoms with van der Waals surface area (Å²) < 4.78 is 0. The molecule has 0 aliphatic carbocycles. The second-order valence-corrected chi connectivity index (χ2v) is 3.71. The highest BCUT2D eigenvalue weighted by molar-refractivity contribution is 5.01. The molecule has 0 aromatic heterocycles. The van der Waals surface area contributed by atoms with E-state index in [1.807, 2.05) is 0 Å². The van der Waals surface area contributed by atoms with Gasteiger partial charge in [-0.15, -0.1) is 0 Å². The van der Waals surface area contributed by atoms with Crippen LogP contribution in [0.15, 0.2) is 5.18 Å². The Morgan fingerprint density at radius 3 is 2.45 bits per heavy atom. The molecule has 2 rings (SSSR count). The van der Waals surface area contributed by atoms with E-state index in [1.165, 1.54) is 38.8 Å². The zero-order valence-electron chi connectivity index (χ0n) is 6.75. The van der Waals surface area contributed by atoms with Gasteiger partial charge in [-0.25, -0.2) is 0 Å². The second-order valence-electron chi connectivity index (χ2n) is 3.71. The number of rotatable bonds is 2. The summed E-state index contributed by atoms with van der Waals surface area (Å²) in [5, 5.41) is 3.06. The van der Waals surface area contributed by atoms with Gasteiger partial charge >= 0.3 is 0 Å². The van der Waals surface area contributed by atoms with Crippen molar-refractivity contribution in [3.63, 3.8) is 0 Å². The Kier molecular flexibility index (Phi) is 1.68. The minimum Gasteiger partial charge on any atom is -0.296 e. The van der Waals surface area contributed by atoms with Crippen molar-refractivity contribution in [1.82, 2.24) is 4.90 Å². The quantitative estimate of drug-likeness (QED) is 0.563. The molecule has 2 heterocycles. The monoisotopic (exact) mass is 154 g/mol. The van der Waals surface area contributed by atoms with Gasteiger partial charge in [0.1, 0.15) is 0 Å². The molecular formula is C8H14N2O. The lowest BCUT2D eigenvalue weighted by Crippen LogP contribution is -2.40. The summed E-state index contributed by atoms with van der Waals surface area (Å²) in [5.74, 6) is 0. The topological polar surface area (TPSA) is 32.7 Å². The van der Waals surface area contributed by atoms with Crippen LogP contribution < -0.4 is 0 Å². The minimum absolute atomic E-state index is 0.210. The largest absolute Gasteiger partial charge is 0.296 e. The summed E-state index contributed by atoms with van der Waals surface area (Å²) in [6.45, 7) is 2.90. The van der Waals surface area contributed by atoms with Crippen LogP contribution in [0.5, 0.6) is 0 Å². The summed E-state index contributed by atoms with van der Waals surface area (Å²) in [6, 6.07) is 0. The average molecular weight is 154 g/mol. The van der Waals surface area contributed by atoms with Crippen LogP contribution in [-0.2, 0) is 0 Å². The number of fused-ring (bicyclic) bond motifs is 1. The molecule has 0 saturated carbocycles. The molecule has 0 N–H and O–H groups in total. The molecule has 0 bridgehead atoms. The molecule has 2 aliphatic heterocycles. The standard InChI is InChI=1S/C8H14N2O/c11-9-7-8-3-1-5-10(8)6-2-4-8/h1-7H2. The fourth-order valence-corrected chi connectivity index (χ4v) is 2.60. The van der Waals surface area contributed by atoms with E-state index in [9.17, 15) is 4.91 Å². The van der Waals surface area contributed by atoms with E-state index in [2.05, 4.69) is 10.1 Å². The van der Waals surface area contributed by atoms with Gasteiger partial charge in [-0.05, 0) is 38.8 Å². The van der Waals surface area contributed by atoms with Gasteiger partial charge in [0.2, 0.25) is 0 Å². The van der Waals surface area contributed by atoms with Gasteiger partial charge in [0.05, 0.1) is 6.54 Å². The maximum absolute atomic E-state index is 10.2. The summed E-state index contributed by atoms with van der Waals surface area (Å²) in [7, 11) is 0. The third kappa shape index (κ3) is 0.984. The lowest BCUT2D eigenvalue weighted by Gasteiger charge is -2.28. The molecule has 3 nitrogen and oxygen atoms in total. The van der Waals surface area contributed by atoms with Crippen LogP contribution in [0.1, 0.15) is 25.7 Å². The normalized spacial score (nSPS) is 28.7. The van der Waals surface area contributed by atoms with Gasteiger partial charge in [-0.1, -0.05) is 5.18 Å². The van der Waals surface area contributed by atoms with Crippen LogP contribution in [-0.4, -0.2) is 30.1 Å². The zero-order chi connectivity index (χ0) is 7.73. The second kappa shape index (κ2) is 2.55. The SMILES string of the molecule is O=NCC12CCCN1CCC2. The molecule has 0 unspecified atom stereocenters. The Hall–Kier alpha value is -0.440. The molecule has 2 fully saturated rings. The van der Waals surface area contributed by atoms with Crippen molar-refractivity contribution in [3.05, 3.63) is 4.91 Å². The van der Waals surface area contributed by atoms with E-state index in [0.29, 0.717) is 6.54 Å². The van der Waals surface area contributed by atoms with Crippen molar-refractivity contribution in [1.29, 1.82) is 0 Å². The molecule has 0 aromatic rings. The Morgan fingerprint density at radius 2 is 1.91 bits per heavy atom. The van der Waals surface area contributed by atoms with E-state index in [4.69, 9.17) is 0 Å². The van der Waals surface area contributed by atoms with E-state index in [-0.39, 0.29) is 5.54 Å². The fourth-order valence-electron chi connectivity index (χ4n) is 2.60. The van der Waals surface area contributed by atoms with Gasteiger partial charge in [0.25, 0.3) is 0 Å². The molecule has 0 amide bonds. The van der Waals surface area contributed by atoms with Crippen LogP contribution in [0.4, 0.5) is 0 Å². The first-order valence-corrected chi connectivity index (χ1v) is 4.42. The lowest BCUT2D eigenvalue weighted by molar-refractivity contribution is 0.204. The van der Waals surface area contributed by atoms with Crippen molar-refractivity contribution in [2.75, 3.05) is 19.6 Å². The van der Waals surface area contributed by atoms with Crippen LogP contribution >= 0.6 is 0 Å².